The number of nitrogens with one attached hydrogen (secondary N) is 1. The minimum absolute atomic E-state index is 0.0467. The first kappa shape index (κ1) is 17.3. The molecule has 4 rings (SSSR count). The number of amides is 4. The highest BCUT2D eigenvalue weighted by atomic mass is 16.2. The normalized spacial score (nSPS) is 18.7. The summed E-state index contributed by atoms with van der Waals surface area (Å²) < 4.78 is 0. The maximum atomic E-state index is 12.8. The van der Waals surface area contributed by atoms with E-state index in [1.54, 1.807) is 4.90 Å². The Kier molecular flexibility index (Phi) is 4.18. The van der Waals surface area contributed by atoms with Gasteiger partial charge in [0.15, 0.2) is 0 Å². The Hall–Kier alpha value is -3.15. The molecule has 2 aromatic rings. The van der Waals surface area contributed by atoms with E-state index in [0.717, 1.165) is 16.0 Å². The highest BCUT2D eigenvalue weighted by Gasteiger charge is 2.51. The third kappa shape index (κ3) is 2.97. The molecule has 1 spiro atoms. The van der Waals surface area contributed by atoms with Gasteiger partial charge < -0.3 is 10.2 Å². The van der Waals surface area contributed by atoms with Crippen LogP contribution in [0.1, 0.15) is 23.2 Å². The number of urea groups is 1. The van der Waals surface area contributed by atoms with Crippen molar-refractivity contribution in [2.24, 2.45) is 0 Å². The van der Waals surface area contributed by atoms with Crippen molar-refractivity contribution in [2.45, 2.75) is 18.4 Å². The lowest BCUT2D eigenvalue weighted by Gasteiger charge is -2.37. The van der Waals surface area contributed by atoms with Crippen LogP contribution in [0.2, 0.25) is 0 Å². The smallest absolute Gasteiger partial charge is 0.324 e. The Balaban J connectivity index is 1.44. The summed E-state index contributed by atoms with van der Waals surface area (Å²) in [4.78, 5) is 39.8. The number of hydrogen-bond acceptors (Lipinski definition) is 3. The number of carbonyl (C=O) groups excluding carboxylic acids is 3. The van der Waals surface area contributed by atoms with Gasteiger partial charge in [0, 0.05) is 25.7 Å². The van der Waals surface area contributed by atoms with Gasteiger partial charge in [0.1, 0.15) is 5.54 Å². The highest BCUT2D eigenvalue weighted by molar-refractivity contribution is 6.07. The molecular formula is C21H21N3O3. The Morgan fingerprint density at radius 3 is 2.07 bits per heavy atom. The topological polar surface area (TPSA) is 69.7 Å². The van der Waals surface area contributed by atoms with Crippen LogP contribution in [-0.2, 0) is 4.79 Å². The Morgan fingerprint density at radius 2 is 1.52 bits per heavy atom. The number of hydrogen-bond donors (Lipinski definition) is 1. The molecular weight excluding hydrogens is 342 g/mol. The van der Waals surface area contributed by atoms with Crippen LogP contribution in [0.4, 0.5) is 4.79 Å². The van der Waals surface area contributed by atoms with Crippen LogP contribution < -0.4 is 5.32 Å². The first-order valence-corrected chi connectivity index (χ1v) is 9.05. The zero-order valence-corrected chi connectivity index (χ0v) is 15.1. The first-order chi connectivity index (χ1) is 13.0. The molecule has 27 heavy (non-hydrogen) atoms. The van der Waals surface area contributed by atoms with Gasteiger partial charge in [-0.2, -0.15) is 0 Å². The monoisotopic (exact) mass is 363 g/mol. The SMILES string of the molecule is CN1C(=O)NC2(CCN(C(=O)c3ccc(-c4ccccc4)cc3)CC2)C1=O. The molecule has 6 nitrogen and oxygen atoms in total. The number of piperidine rings is 1. The quantitative estimate of drug-likeness (QED) is 0.834. The van der Waals surface area contributed by atoms with E-state index in [9.17, 15) is 14.4 Å². The van der Waals surface area contributed by atoms with Gasteiger partial charge in [-0.15, -0.1) is 0 Å². The summed E-state index contributed by atoms with van der Waals surface area (Å²) in [5.41, 5.74) is 1.95. The summed E-state index contributed by atoms with van der Waals surface area (Å²) in [7, 11) is 1.48. The molecule has 0 saturated carbocycles. The number of rotatable bonds is 2. The molecule has 0 aromatic heterocycles. The summed E-state index contributed by atoms with van der Waals surface area (Å²) >= 11 is 0. The maximum absolute atomic E-state index is 12.8. The second-order valence-corrected chi connectivity index (χ2v) is 7.11. The van der Waals surface area contributed by atoms with Crippen molar-refractivity contribution in [3.63, 3.8) is 0 Å². The average Bonchev–Trinajstić information content (AvgIpc) is 2.92. The van der Waals surface area contributed by atoms with Crippen molar-refractivity contribution in [1.82, 2.24) is 15.1 Å². The van der Waals surface area contributed by atoms with Crippen molar-refractivity contribution in [2.75, 3.05) is 20.1 Å². The fourth-order valence-electron chi connectivity index (χ4n) is 3.80. The summed E-state index contributed by atoms with van der Waals surface area (Å²) in [5.74, 6) is -0.249. The van der Waals surface area contributed by atoms with Crippen molar-refractivity contribution >= 4 is 17.8 Å². The van der Waals surface area contributed by atoms with Crippen LogP contribution in [-0.4, -0.2) is 53.3 Å². The van der Waals surface area contributed by atoms with Crippen molar-refractivity contribution in [1.29, 1.82) is 0 Å². The average molecular weight is 363 g/mol. The van der Waals surface area contributed by atoms with Crippen LogP contribution in [0.25, 0.3) is 11.1 Å². The summed E-state index contributed by atoms with van der Waals surface area (Å²) in [6, 6.07) is 17.2. The number of likely N-dealkylation sites (tertiary alicyclic amines) is 1. The van der Waals surface area contributed by atoms with Gasteiger partial charge in [0.2, 0.25) is 0 Å². The Morgan fingerprint density at radius 1 is 0.926 bits per heavy atom. The van der Waals surface area contributed by atoms with E-state index >= 15 is 0 Å². The van der Waals surface area contributed by atoms with Crippen LogP contribution >= 0.6 is 0 Å². The van der Waals surface area contributed by atoms with E-state index in [1.165, 1.54) is 7.05 Å². The highest BCUT2D eigenvalue weighted by Crippen LogP contribution is 2.29. The second-order valence-electron chi connectivity index (χ2n) is 7.11. The molecule has 0 radical (unpaired) electrons. The molecule has 0 unspecified atom stereocenters. The van der Waals surface area contributed by atoms with E-state index in [-0.39, 0.29) is 17.8 Å². The van der Waals surface area contributed by atoms with Crippen LogP contribution in [0, 0.1) is 0 Å². The number of benzene rings is 2. The van der Waals surface area contributed by atoms with E-state index in [1.807, 2.05) is 54.6 Å². The molecule has 6 heteroatoms. The van der Waals surface area contributed by atoms with Gasteiger partial charge in [0.25, 0.3) is 11.8 Å². The van der Waals surface area contributed by atoms with E-state index in [2.05, 4.69) is 5.32 Å². The van der Waals surface area contributed by atoms with Gasteiger partial charge in [-0.25, -0.2) is 4.79 Å². The van der Waals surface area contributed by atoms with Gasteiger partial charge in [-0.1, -0.05) is 42.5 Å². The zero-order valence-electron chi connectivity index (χ0n) is 15.1. The van der Waals surface area contributed by atoms with Crippen molar-refractivity contribution in [3.8, 4) is 11.1 Å². The van der Waals surface area contributed by atoms with E-state index in [0.29, 0.717) is 31.5 Å². The lowest BCUT2D eigenvalue weighted by molar-refractivity contribution is -0.131. The number of imide groups is 1. The van der Waals surface area contributed by atoms with Crippen LogP contribution in [0.15, 0.2) is 54.6 Å². The minimum Gasteiger partial charge on any atom is -0.338 e. The lowest BCUT2D eigenvalue weighted by Crippen LogP contribution is -2.55. The number of likely N-dealkylation sites (N-methyl/N-ethyl adjacent to an activating group) is 1. The molecule has 2 saturated heterocycles. The molecule has 0 aliphatic carbocycles. The number of carbonyl (C=O) groups is 3. The van der Waals surface area contributed by atoms with Crippen molar-refractivity contribution in [3.05, 3.63) is 60.2 Å². The fraction of sp³-hybridized carbons (Fsp3) is 0.286. The van der Waals surface area contributed by atoms with Gasteiger partial charge in [-0.05, 0) is 36.1 Å². The minimum atomic E-state index is -0.847. The number of nitrogens with zero attached hydrogens (tertiary/aromatic N) is 2. The molecule has 2 heterocycles. The molecule has 2 aliphatic rings. The molecule has 0 atom stereocenters. The predicted octanol–water partition coefficient (Wildman–Crippen LogP) is 2.51. The van der Waals surface area contributed by atoms with E-state index < -0.39 is 5.54 Å². The molecule has 1 N–H and O–H groups in total. The third-order valence-electron chi connectivity index (χ3n) is 5.51. The lowest BCUT2D eigenvalue weighted by atomic mass is 9.87. The van der Waals surface area contributed by atoms with Gasteiger partial charge >= 0.3 is 6.03 Å². The second kappa shape index (κ2) is 6.54. The largest absolute Gasteiger partial charge is 0.338 e. The summed E-state index contributed by atoms with van der Waals surface area (Å²) in [6.07, 6.45) is 0.880. The predicted molar refractivity (Wildman–Crippen MR) is 101 cm³/mol. The van der Waals surface area contributed by atoms with Crippen LogP contribution in [0.3, 0.4) is 0 Å². The Bertz CT molecular complexity index is 885. The summed E-state index contributed by atoms with van der Waals surface area (Å²) in [5, 5.41) is 2.79. The zero-order chi connectivity index (χ0) is 19.0. The Labute approximate surface area is 157 Å². The standard InChI is InChI=1S/C21H21N3O3/c1-23-19(26)21(22-20(23)27)11-13-24(14-12-21)18(25)17-9-7-16(8-10-17)15-5-3-2-4-6-15/h2-10H,11-14H2,1H3,(H,22,27). The molecule has 4 amide bonds. The fourth-order valence-corrected chi connectivity index (χ4v) is 3.80. The molecule has 2 aliphatic heterocycles. The van der Waals surface area contributed by atoms with Gasteiger partial charge in [0.05, 0.1) is 0 Å². The van der Waals surface area contributed by atoms with E-state index in [4.69, 9.17) is 0 Å². The van der Waals surface area contributed by atoms with Crippen LogP contribution in [0.5, 0.6) is 0 Å². The van der Waals surface area contributed by atoms with Crippen molar-refractivity contribution < 1.29 is 14.4 Å². The first-order valence-electron chi connectivity index (χ1n) is 9.05. The maximum Gasteiger partial charge on any atom is 0.324 e. The summed E-state index contributed by atoms with van der Waals surface area (Å²) in [6.45, 7) is 0.887. The molecule has 0 bridgehead atoms. The molecule has 2 fully saturated rings. The molecule has 138 valence electrons. The van der Waals surface area contributed by atoms with Gasteiger partial charge in [-0.3, -0.25) is 14.5 Å². The molecule has 2 aromatic carbocycles. The third-order valence-corrected chi connectivity index (χ3v) is 5.51.